The van der Waals surface area contributed by atoms with E-state index in [1.165, 1.54) is 12.7 Å². The number of carbonyl (C=O) groups is 2. The first kappa shape index (κ1) is 14.4. The minimum Gasteiger partial charge on any atom is -0.480 e. The van der Waals surface area contributed by atoms with Gasteiger partial charge in [-0.3, -0.25) is 0 Å². The summed E-state index contributed by atoms with van der Waals surface area (Å²) >= 11 is 0. The van der Waals surface area contributed by atoms with Gasteiger partial charge in [-0.15, -0.1) is 0 Å². The largest absolute Gasteiger partial charge is 0.480 e. The van der Waals surface area contributed by atoms with Crippen LogP contribution in [0.1, 0.15) is 37.8 Å². The van der Waals surface area contributed by atoms with Crippen molar-refractivity contribution in [2.45, 2.75) is 50.6 Å². The van der Waals surface area contributed by atoms with Crippen LogP contribution in [0.4, 0.5) is 4.79 Å². The molecule has 2 rings (SSSR count). The van der Waals surface area contributed by atoms with Gasteiger partial charge in [-0.05, 0) is 12.8 Å². The number of hydrogen-bond donors (Lipinski definition) is 4. The highest BCUT2D eigenvalue weighted by Gasteiger charge is 2.23. The summed E-state index contributed by atoms with van der Waals surface area (Å²) in [4.78, 5) is 29.7. The molecule has 1 aliphatic carbocycles. The average molecular weight is 280 g/mol. The van der Waals surface area contributed by atoms with Gasteiger partial charge < -0.3 is 20.7 Å². The van der Waals surface area contributed by atoms with E-state index in [-0.39, 0.29) is 12.5 Å². The maximum absolute atomic E-state index is 11.8. The first-order valence-corrected chi connectivity index (χ1v) is 6.92. The number of carbonyl (C=O) groups excluding carboxylic acids is 1. The molecule has 0 spiro atoms. The van der Waals surface area contributed by atoms with Crippen LogP contribution in [0.25, 0.3) is 0 Å². The van der Waals surface area contributed by atoms with Crippen LogP contribution < -0.4 is 10.6 Å². The molecule has 1 aromatic rings. The number of aromatic amines is 1. The van der Waals surface area contributed by atoms with Crippen molar-refractivity contribution in [3.8, 4) is 0 Å². The van der Waals surface area contributed by atoms with Gasteiger partial charge in [0.1, 0.15) is 6.04 Å². The minimum absolute atomic E-state index is 0.158. The number of rotatable bonds is 5. The molecule has 0 aromatic carbocycles. The Labute approximate surface area is 117 Å². The number of imidazole rings is 1. The Morgan fingerprint density at radius 3 is 2.75 bits per heavy atom. The molecular formula is C13H20N4O3. The third-order valence-corrected chi connectivity index (χ3v) is 3.52. The molecule has 1 fully saturated rings. The van der Waals surface area contributed by atoms with Gasteiger partial charge in [-0.2, -0.15) is 0 Å². The number of hydrogen-bond acceptors (Lipinski definition) is 3. The zero-order valence-electron chi connectivity index (χ0n) is 11.3. The van der Waals surface area contributed by atoms with E-state index in [0.717, 1.165) is 25.7 Å². The number of amides is 2. The van der Waals surface area contributed by atoms with Crippen molar-refractivity contribution >= 4 is 12.0 Å². The van der Waals surface area contributed by atoms with Crippen molar-refractivity contribution in [1.29, 1.82) is 0 Å². The summed E-state index contributed by atoms with van der Waals surface area (Å²) in [6.45, 7) is 0. The van der Waals surface area contributed by atoms with E-state index in [1.807, 2.05) is 0 Å². The second-order valence-corrected chi connectivity index (χ2v) is 5.12. The van der Waals surface area contributed by atoms with Crippen LogP contribution in [-0.2, 0) is 11.2 Å². The zero-order chi connectivity index (χ0) is 14.4. The summed E-state index contributed by atoms with van der Waals surface area (Å²) < 4.78 is 0. The monoisotopic (exact) mass is 280 g/mol. The lowest BCUT2D eigenvalue weighted by atomic mass is 9.96. The van der Waals surface area contributed by atoms with Crippen molar-refractivity contribution in [3.05, 3.63) is 18.2 Å². The molecule has 1 aromatic heterocycles. The quantitative estimate of drug-likeness (QED) is 0.646. The highest BCUT2D eigenvalue weighted by molar-refractivity contribution is 5.82. The van der Waals surface area contributed by atoms with E-state index in [0.29, 0.717) is 5.69 Å². The molecule has 0 bridgehead atoms. The van der Waals surface area contributed by atoms with Crippen LogP contribution in [0, 0.1) is 0 Å². The van der Waals surface area contributed by atoms with Crippen LogP contribution >= 0.6 is 0 Å². The Kier molecular flexibility index (Phi) is 4.97. The number of carboxylic acids is 1. The Morgan fingerprint density at radius 2 is 2.15 bits per heavy atom. The normalized spacial score (nSPS) is 17.4. The van der Waals surface area contributed by atoms with Gasteiger partial charge in [0.2, 0.25) is 0 Å². The molecule has 1 saturated carbocycles. The van der Waals surface area contributed by atoms with Crippen LogP contribution in [0.3, 0.4) is 0 Å². The van der Waals surface area contributed by atoms with Gasteiger partial charge in [0.05, 0.1) is 6.33 Å². The number of nitrogens with zero attached hydrogens (tertiary/aromatic N) is 1. The van der Waals surface area contributed by atoms with Crippen LogP contribution in [0.5, 0.6) is 0 Å². The summed E-state index contributed by atoms with van der Waals surface area (Å²) in [6, 6.07) is -1.21. The van der Waals surface area contributed by atoms with Gasteiger partial charge >= 0.3 is 12.0 Å². The smallest absolute Gasteiger partial charge is 0.326 e. The SMILES string of the molecule is O=C(NC1CCCCC1)N[C@H](Cc1cnc[nH]1)C(=O)O. The standard InChI is InChI=1S/C13H20N4O3/c18-12(19)11(6-10-7-14-8-15-10)17-13(20)16-9-4-2-1-3-5-9/h7-9,11H,1-6H2,(H,14,15)(H,18,19)(H2,16,17,20)/t11-/m1/s1. The highest BCUT2D eigenvalue weighted by atomic mass is 16.4. The highest BCUT2D eigenvalue weighted by Crippen LogP contribution is 2.17. The molecular weight excluding hydrogens is 260 g/mol. The molecule has 4 N–H and O–H groups in total. The fraction of sp³-hybridized carbons (Fsp3) is 0.615. The summed E-state index contributed by atoms with van der Waals surface area (Å²) in [6.07, 6.45) is 8.58. The molecule has 2 amide bonds. The zero-order valence-corrected chi connectivity index (χ0v) is 11.3. The molecule has 0 unspecified atom stereocenters. The van der Waals surface area contributed by atoms with E-state index in [2.05, 4.69) is 20.6 Å². The number of aliphatic carboxylic acids is 1. The fourth-order valence-electron chi connectivity index (χ4n) is 2.45. The summed E-state index contributed by atoms with van der Waals surface area (Å²) in [5.74, 6) is -1.06. The first-order chi connectivity index (χ1) is 9.65. The Hall–Kier alpha value is -2.05. The Balaban J connectivity index is 1.83. The molecule has 0 radical (unpaired) electrons. The second-order valence-electron chi connectivity index (χ2n) is 5.12. The number of H-pyrrole nitrogens is 1. The minimum atomic E-state index is -1.06. The predicted octanol–water partition coefficient (Wildman–Crippen LogP) is 1.04. The van der Waals surface area contributed by atoms with Crippen LogP contribution in [0.2, 0.25) is 0 Å². The van der Waals surface area contributed by atoms with Crippen LogP contribution in [-0.4, -0.2) is 39.2 Å². The molecule has 7 heteroatoms. The Bertz CT molecular complexity index is 440. The number of carboxylic acid groups (broad SMARTS) is 1. The average Bonchev–Trinajstić information content (AvgIpc) is 2.92. The molecule has 0 aliphatic heterocycles. The third kappa shape index (κ3) is 4.25. The first-order valence-electron chi connectivity index (χ1n) is 6.92. The second kappa shape index (κ2) is 6.93. The van der Waals surface area contributed by atoms with Crippen LogP contribution in [0.15, 0.2) is 12.5 Å². The lowest BCUT2D eigenvalue weighted by Gasteiger charge is -2.24. The topological polar surface area (TPSA) is 107 Å². The predicted molar refractivity (Wildman–Crippen MR) is 72.3 cm³/mol. The molecule has 20 heavy (non-hydrogen) atoms. The molecule has 1 aliphatic rings. The summed E-state index contributed by atoms with van der Waals surface area (Å²) in [5.41, 5.74) is 0.676. The fourth-order valence-corrected chi connectivity index (χ4v) is 2.45. The van der Waals surface area contributed by atoms with Gasteiger partial charge in [0, 0.05) is 24.4 Å². The Morgan fingerprint density at radius 1 is 1.40 bits per heavy atom. The van der Waals surface area contributed by atoms with E-state index in [4.69, 9.17) is 5.11 Å². The van der Waals surface area contributed by atoms with Crippen molar-refractivity contribution < 1.29 is 14.7 Å². The van der Waals surface area contributed by atoms with E-state index in [1.54, 1.807) is 6.20 Å². The third-order valence-electron chi connectivity index (χ3n) is 3.52. The summed E-state index contributed by atoms with van der Waals surface area (Å²) in [7, 11) is 0. The number of urea groups is 1. The van der Waals surface area contributed by atoms with Gasteiger partial charge in [-0.25, -0.2) is 14.6 Å². The van der Waals surface area contributed by atoms with Crippen molar-refractivity contribution in [2.24, 2.45) is 0 Å². The van der Waals surface area contributed by atoms with Gasteiger partial charge in [-0.1, -0.05) is 19.3 Å². The van der Waals surface area contributed by atoms with E-state index >= 15 is 0 Å². The van der Waals surface area contributed by atoms with Gasteiger partial charge in [0.15, 0.2) is 0 Å². The van der Waals surface area contributed by atoms with Crippen molar-refractivity contribution in [2.75, 3.05) is 0 Å². The maximum Gasteiger partial charge on any atom is 0.326 e. The molecule has 7 nitrogen and oxygen atoms in total. The molecule has 1 atom stereocenters. The van der Waals surface area contributed by atoms with E-state index in [9.17, 15) is 9.59 Å². The number of aromatic nitrogens is 2. The van der Waals surface area contributed by atoms with Crippen molar-refractivity contribution in [1.82, 2.24) is 20.6 Å². The maximum atomic E-state index is 11.8. The van der Waals surface area contributed by atoms with E-state index < -0.39 is 18.0 Å². The molecule has 110 valence electrons. The number of nitrogens with one attached hydrogen (secondary N) is 3. The molecule has 0 saturated heterocycles. The van der Waals surface area contributed by atoms with Crippen molar-refractivity contribution in [3.63, 3.8) is 0 Å². The lowest BCUT2D eigenvalue weighted by Crippen LogP contribution is -2.50. The lowest BCUT2D eigenvalue weighted by molar-refractivity contribution is -0.139. The summed E-state index contributed by atoms with van der Waals surface area (Å²) in [5, 5.41) is 14.5. The molecule has 1 heterocycles. The van der Waals surface area contributed by atoms with Gasteiger partial charge in [0.25, 0.3) is 0 Å².